The van der Waals surface area contributed by atoms with Crippen LogP contribution >= 0.6 is 11.6 Å². The summed E-state index contributed by atoms with van der Waals surface area (Å²) in [5, 5.41) is 3.88. The number of halogens is 3. The average molecular weight is 277 g/mol. The van der Waals surface area contributed by atoms with Crippen LogP contribution in [0.1, 0.15) is 19.4 Å². The maximum absolute atomic E-state index is 12.4. The summed E-state index contributed by atoms with van der Waals surface area (Å²) in [4.78, 5) is 1.55. The van der Waals surface area contributed by atoms with Crippen molar-refractivity contribution in [2.75, 3.05) is 18.5 Å². The maximum Gasteiger partial charge on any atom is 0.255 e. The van der Waals surface area contributed by atoms with Crippen LogP contribution in [0.3, 0.4) is 0 Å². The molecule has 0 radical (unpaired) electrons. The van der Waals surface area contributed by atoms with Gasteiger partial charge >= 0.3 is 0 Å². The SMILES string of the molecule is CC(C)NCc1cc(Cl)ccc1N(C)CC(F)F. The highest BCUT2D eigenvalue weighted by molar-refractivity contribution is 6.30. The van der Waals surface area contributed by atoms with E-state index < -0.39 is 6.43 Å². The fourth-order valence-electron chi connectivity index (χ4n) is 1.69. The molecule has 0 heterocycles. The molecule has 0 saturated heterocycles. The molecule has 0 fully saturated rings. The third kappa shape index (κ3) is 4.78. The van der Waals surface area contributed by atoms with Crippen molar-refractivity contribution in [1.29, 1.82) is 0 Å². The van der Waals surface area contributed by atoms with E-state index in [-0.39, 0.29) is 6.54 Å². The number of rotatable bonds is 6. The summed E-state index contributed by atoms with van der Waals surface area (Å²) in [5.74, 6) is 0. The van der Waals surface area contributed by atoms with Crippen LogP contribution in [0.5, 0.6) is 0 Å². The average Bonchev–Trinajstić information content (AvgIpc) is 2.25. The Hall–Kier alpha value is -0.870. The number of nitrogens with one attached hydrogen (secondary N) is 1. The summed E-state index contributed by atoms with van der Waals surface area (Å²) in [6.45, 7) is 4.40. The fraction of sp³-hybridized carbons (Fsp3) is 0.538. The first-order valence-electron chi connectivity index (χ1n) is 5.91. The molecule has 5 heteroatoms. The van der Waals surface area contributed by atoms with Gasteiger partial charge in [-0.25, -0.2) is 8.78 Å². The van der Waals surface area contributed by atoms with Crippen molar-refractivity contribution in [3.63, 3.8) is 0 Å². The number of nitrogens with zero attached hydrogens (tertiary/aromatic N) is 1. The van der Waals surface area contributed by atoms with E-state index in [1.165, 1.54) is 0 Å². The molecule has 0 aliphatic carbocycles. The minimum Gasteiger partial charge on any atom is -0.369 e. The van der Waals surface area contributed by atoms with Crippen molar-refractivity contribution in [2.45, 2.75) is 32.9 Å². The number of benzene rings is 1. The lowest BCUT2D eigenvalue weighted by Gasteiger charge is -2.23. The lowest BCUT2D eigenvalue weighted by molar-refractivity contribution is 0.156. The summed E-state index contributed by atoms with van der Waals surface area (Å²) in [5.41, 5.74) is 1.72. The second-order valence-corrected chi connectivity index (χ2v) is 5.02. The second kappa shape index (κ2) is 6.90. The fourth-order valence-corrected chi connectivity index (χ4v) is 1.88. The van der Waals surface area contributed by atoms with Crippen LogP contribution in [0.4, 0.5) is 14.5 Å². The quantitative estimate of drug-likeness (QED) is 0.855. The van der Waals surface area contributed by atoms with Crippen molar-refractivity contribution in [3.8, 4) is 0 Å². The molecule has 1 rings (SSSR count). The number of anilines is 1. The molecule has 0 amide bonds. The molecule has 1 aromatic carbocycles. The molecule has 0 unspecified atom stereocenters. The van der Waals surface area contributed by atoms with Gasteiger partial charge in [-0.15, -0.1) is 0 Å². The van der Waals surface area contributed by atoms with Gasteiger partial charge < -0.3 is 10.2 Å². The summed E-state index contributed by atoms with van der Waals surface area (Å²) in [6.07, 6.45) is -2.35. The van der Waals surface area contributed by atoms with E-state index in [2.05, 4.69) is 5.32 Å². The molecule has 18 heavy (non-hydrogen) atoms. The smallest absolute Gasteiger partial charge is 0.255 e. The zero-order valence-corrected chi connectivity index (χ0v) is 11.6. The van der Waals surface area contributed by atoms with E-state index in [9.17, 15) is 8.78 Å². The van der Waals surface area contributed by atoms with Gasteiger partial charge in [0.2, 0.25) is 0 Å². The van der Waals surface area contributed by atoms with Crippen molar-refractivity contribution in [3.05, 3.63) is 28.8 Å². The summed E-state index contributed by atoms with van der Waals surface area (Å²) < 4.78 is 24.8. The predicted octanol–water partition coefficient (Wildman–Crippen LogP) is 3.54. The van der Waals surface area contributed by atoms with Gasteiger partial charge in [0, 0.05) is 30.3 Å². The molecule has 1 N–H and O–H groups in total. The van der Waals surface area contributed by atoms with Gasteiger partial charge in [-0.1, -0.05) is 25.4 Å². The third-order valence-electron chi connectivity index (χ3n) is 2.57. The van der Waals surface area contributed by atoms with E-state index in [4.69, 9.17) is 11.6 Å². The largest absolute Gasteiger partial charge is 0.369 e. The van der Waals surface area contributed by atoms with Crippen LogP contribution in [0, 0.1) is 0 Å². The molecule has 0 aliphatic heterocycles. The third-order valence-corrected chi connectivity index (χ3v) is 2.80. The van der Waals surface area contributed by atoms with Crippen LogP contribution in [0.25, 0.3) is 0 Å². The van der Waals surface area contributed by atoms with Gasteiger partial charge in [0.05, 0.1) is 6.54 Å². The van der Waals surface area contributed by atoms with Crippen LogP contribution in [0.2, 0.25) is 5.02 Å². The Balaban J connectivity index is 2.88. The molecular weight excluding hydrogens is 258 g/mol. The minimum atomic E-state index is -2.35. The van der Waals surface area contributed by atoms with Crippen LogP contribution in [0.15, 0.2) is 18.2 Å². The summed E-state index contributed by atoms with van der Waals surface area (Å²) in [6, 6.07) is 5.64. The Kier molecular flexibility index (Phi) is 5.82. The molecular formula is C13H19ClF2N2. The molecule has 0 aromatic heterocycles. The van der Waals surface area contributed by atoms with Gasteiger partial charge in [0.1, 0.15) is 0 Å². The van der Waals surface area contributed by atoms with Crippen molar-refractivity contribution >= 4 is 17.3 Å². The molecule has 102 valence electrons. The molecule has 0 atom stereocenters. The summed E-state index contributed by atoms with van der Waals surface area (Å²) in [7, 11) is 1.66. The zero-order chi connectivity index (χ0) is 13.7. The number of hydrogen-bond acceptors (Lipinski definition) is 2. The van der Waals surface area contributed by atoms with Crippen molar-refractivity contribution < 1.29 is 8.78 Å². The van der Waals surface area contributed by atoms with Gasteiger partial charge in [-0.2, -0.15) is 0 Å². The van der Waals surface area contributed by atoms with Crippen LogP contribution in [-0.2, 0) is 6.54 Å². The first-order valence-corrected chi connectivity index (χ1v) is 6.29. The Labute approximate surface area is 112 Å². The first kappa shape index (κ1) is 15.2. The Morgan fingerprint density at radius 3 is 2.56 bits per heavy atom. The topological polar surface area (TPSA) is 15.3 Å². The zero-order valence-electron chi connectivity index (χ0n) is 10.9. The lowest BCUT2D eigenvalue weighted by Crippen LogP contribution is -2.27. The lowest BCUT2D eigenvalue weighted by atomic mass is 10.1. The Morgan fingerprint density at radius 1 is 1.33 bits per heavy atom. The minimum absolute atomic E-state index is 0.281. The van der Waals surface area contributed by atoms with E-state index in [1.807, 2.05) is 19.9 Å². The van der Waals surface area contributed by atoms with E-state index in [0.29, 0.717) is 17.6 Å². The highest BCUT2D eigenvalue weighted by Gasteiger charge is 2.12. The monoisotopic (exact) mass is 276 g/mol. The molecule has 2 nitrogen and oxygen atoms in total. The van der Waals surface area contributed by atoms with Gasteiger partial charge in [-0.3, -0.25) is 0 Å². The first-order chi connectivity index (χ1) is 8.40. The number of alkyl halides is 2. The maximum atomic E-state index is 12.4. The molecule has 1 aromatic rings. The van der Waals surface area contributed by atoms with Crippen molar-refractivity contribution in [2.24, 2.45) is 0 Å². The summed E-state index contributed by atoms with van der Waals surface area (Å²) >= 11 is 5.95. The number of hydrogen-bond donors (Lipinski definition) is 1. The van der Waals surface area contributed by atoms with E-state index >= 15 is 0 Å². The molecule has 0 bridgehead atoms. The standard InChI is InChI=1S/C13H19ClF2N2/c1-9(2)17-7-10-6-11(14)4-5-12(10)18(3)8-13(15)16/h4-6,9,13,17H,7-8H2,1-3H3. The molecule has 0 spiro atoms. The van der Waals surface area contributed by atoms with Gasteiger partial charge in [-0.05, 0) is 23.8 Å². The highest BCUT2D eigenvalue weighted by Crippen LogP contribution is 2.24. The van der Waals surface area contributed by atoms with E-state index in [1.54, 1.807) is 24.1 Å². The second-order valence-electron chi connectivity index (χ2n) is 4.58. The van der Waals surface area contributed by atoms with Crippen LogP contribution in [-0.4, -0.2) is 26.1 Å². The van der Waals surface area contributed by atoms with Crippen molar-refractivity contribution in [1.82, 2.24) is 5.32 Å². The normalized spacial score (nSPS) is 11.3. The predicted molar refractivity (Wildman–Crippen MR) is 72.7 cm³/mol. The van der Waals surface area contributed by atoms with E-state index in [0.717, 1.165) is 11.3 Å². The Morgan fingerprint density at radius 2 is 2.00 bits per heavy atom. The van der Waals surface area contributed by atoms with Crippen LogP contribution < -0.4 is 10.2 Å². The molecule has 0 saturated carbocycles. The molecule has 0 aliphatic rings. The highest BCUT2D eigenvalue weighted by atomic mass is 35.5. The van der Waals surface area contributed by atoms with Gasteiger partial charge in [0.15, 0.2) is 0 Å². The Bertz CT molecular complexity index is 383. The van der Waals surface area contributed by atoms with Gasteiger partial charge in [0.25, 0.3) is 6.43 Å².